The number of nitrogens with two attached hydrogens (primary N) is 1. The third kappa shape index (κ3) is 8.72. The van der Waals surface area contributed by atoms with Gasteiger partial charge >= 0.3 is 10.2 Å². The van der Waals surface area contributed by atoms with Crippen molar-refractivity contribution in [3.8, 4) is 11.1 Å². The van der Waals surface area contributed by atoms with Gasteiger partial charge in [0.15, 0.2) is 5.82 Å². The summed E-state index contributed by atoms with van der Waals surface area (Å²) >= 11 is 0. The number of ketones is 1. The minimum Gasteiger partial charge on any atom is -0.399 e. The maximum Gasteiger partial charge on any atom is 0.301 e. The van der Waals surface area contributed by atoms with Crippen molar-refractivity contribution < 1.29 is 22.0 Å². The molecule has 0 atom stereocenters. The van der Waals surface area contributed by atoms with Crippen LogP contribution in [0.15, 0.2) is 170 Å². The summed E-state index contributed by atoms with van der Waals surface area (Å²) in [6, 6.07) is 45.4. The monoisotopic (exact) mass is 1010 g/mol. The molecule has 5 heterocycles. The van der Waals surface area contributed by atoms with Crippen LogP contribution in [0, 0.1) is 11.6 Å². The highest BCUT2D eigenvalue weighted by atomic mass is 32.2. The molecule has 11 rings (SSSR count). The number of nitrogens with zero attached hydrogens (tertiary/aromatic N) is 8. The molecule has 374 valence electrons. The lowest BCUT2D eigenvalue weighted by molar-refractivity contribution is 0.103. The summed E-state index contributed by atoms with van der Waals surface area (Å²) in [5.74, 6) is -2.85. The second-order valence-electron chi connectivity index (χ2n) is 18.9. The molecule has 3 aromatic heterocycles. The molecule has 13 nitrogen and oxygen atoms in total. The van der Waals surface area contributed by atoms with Gasteiger partial charge in [-0.05, 0) is 83.6 Å². The van der Waals surface area contributed by atoms with E-state index < -0.39 is 44.4 Å². The Bertz CT molecular complexity index is 3510. The average molecular weight is 1010 g/mol. The van der Waals surface area contributed by atoms with Crippen molar-refractivity contribution >= 4 is 49.9 Å². The summed E-state index contributed by atoms with van der Waals surface area (Å²) in [5.41, 5.74) is 12.2. The fourth-order valence-corrected chi connectivity index (χ4v) is 11.5. The van der Waals surface area contributed by atoms with E-state index in [1.807, 2.05) is 126 Å². The van der Waals surface area contributed by atoms with E-state index in [0.29, 0.717) is 28.0 Å². The number of benzene rings is 6. The van der Waals surface area contributed by atoms with Gasteiger partial charge in [0, 0.05) is 104 Å². The molecule has 6 aromatic carbocycles. The first-order valence-corrected chi connectivity index (χ1v) is 26.2. The highest BCUT2D eigenvalue weighted by Crippen LogP contribution is 2.45. The zero-order valence-electron chi connectivity index (χ0n) is 40.9. The first kappa shape index (κ1) is 48.1. The summed E-state index contributed by atoms with van der Waals surface area (Å²) in [6.45, 7) is 4.90. The summed E-state index contributed by atoms with van der Waals surface area (Å²) in [4.78, 5) is 29.4. The summed E-state index contributed by atoms with van der Waals surface area (Å²) in [7, 11) is -2.91. The lowest BCUT2D eigenvalue weighted by Gasteiger charge is -2.38. The molecular weight excluding hydrogens is 955 g/mol. The molecule has 0 unspecified atom stereocenters. The van der Waals surface area contributed by atoms with Gasteiger partial charge in [-0.3, -0.25) is 14.2 Å². The Balaban J connectivity index is 0.949. The normalized spacial score (nSPS) is 14.4. The molecule has 1 saturated heterocycles. The zero-order chi connectivity index (χ0) is 51.1. The van der Waals surface area contributed by atoms with Crippen LogP contribution in [-0.2, 0) is 28.7 Å². The summed E-state index contributed by atoms with van der Waals surface area (Å²) in [5, 5.41) is 5.45. The minimum atomic E-state index is -4.24. The molecule has 0 spiro atoms. The molecule has 2 aliphatic heterocycles. The van der Waals surface area contributed by atoms with Gasteiger partial charge < -0.3 is 20.1 Å². The molecule has 3 N–H and O–H groups in total. The Morgan fingerprint density at radius 3 is 2.00 bits per heavy atom. The number of hydrogen-bond donors (Lipinski definition) is 2. The molecule has 0 aliphatic carbocycles. The quantitative estimate of drug-likeness (QED) is 0.0617. The van der Waals surface area contributed by atoms with Crippen molar-refractivity contribution in [3.05, 3.63) is 221 Å². The van der Waals surface area contributed by atoms with E-state index in [4.69, 9.17) is 20.8 Å². The number of anilines is 4. The number of aromatic nitrogens is 5. The van der Waals surface area contributed by atoms with E-state index in [1.165, 1.54) is 12.6 Å². The molecule has 16 heteroatoms. The molecular formula is C58H54F2N10O3S. The number of hydrogen-bond acceptors (Lipinski definition) is 9. The first-order chi connectivity index (χ1) is 35.9. The fourth-order valence-electron chi connectivity index (χ4n) is 10.6. The van der Waals surface area contributed by atoms with Crippen LogP contribution in [0.5, 0.6) is 0 Å². The molecule has 74 heavy (non-hydrogen) atoms. The van der Waals surface area contributed by atoms with Gasteiger partial charge in [-0.15, -0.1) is 0 Å². The summed E-state index contributed by atoms with van der Waals surface area (Å²) < 4.78 is 66.4. The van der Waals surface area contributed by atoms with Crippen molar-refractivity contribution in [2.75, 3.05) is 53.5 Å². The Morgan fingerprint density at radius 2 is 1.39 bits per heavy atom. The number of rotatable bonds is 14. The van der Waals surface area contributed by atoms with Crippen LogP contribution >= 0.6 is 0 Å². The molecule has 0 radical (unpaired) electrons. The van der Waals surface area contributed by atoms with Gasteiger partial charge in [-0.1, -0.05) is 104 Å². The SMILES string of the molecule is CCN(C)S(=O)(=O)Nc1ccc(F)c(C(=O)c2cn(C(c3ccccc3)(c3ccccc3)c3ccccc3)c3ccc(-c4cnc(N5CCC(n6cc7c(n6)CCN(c6ccc(N)cc6)C7)CC5)nc4)cc23)c1F. The van der Waals surface area contributed by atoms with Crippen LogP contribution in [0.4, 0.5) is 31.8 Å². The highest BCUT2D eigenvalue weighted by Gasteiger charge is 2.41. The number of fused-ring (bicyclic) bond motifs is 2. The smallest absolute Gasteiger partial charge is 0.301 e. The Morgan fingerprint density at radius 1 is 0.770 bits per heavy atom. The van der Waals surface area contributed by atoms with E-state index in [9.17, 15) is 8.42 Å². The van der Waals surface area contributed by atoms with Gasteiger partial charge in [0.1, 0.15) is 11.4 Å². The number of carbonyl (C=O) groups is 1. The molecule has 2 aliphatic rings. The van der Waals surface area contributed by atoms with Crippen molar-refractivity contribution in [2.24, 2.45) is 0 Å². The predicted molar refractivity (Wildman–Crippen MR) is 287 cm³/mol. The predicted octanol–water partition coefficient (Wildman–Crippen LogP) is 10.2. The molecule has 0 saturated carbocycles. The summed E-state index contributed by atoms with van der Waals surface area (Å²) in [6.07, 6.45) is 10.0. The second-order valence-corrected chi connectivity index (χ2v) is 20.7. The Kier molecular flexibility index (Phi) is 12.8. The number of nitrogens with one attached hydrogen (secondary N) is 1. The van der Waals surface area contributed by atoms with Gasteiger partial charge in [0.2, 0.25) is 11.7 Å². The third-order valence-corrected chi connectivity index (χ3v) is 16.2. The lowest BCUT2D eigenvalue weighted by Crippen LogP contribution is -2.37. The molecule has 9 aromatic rings. The maximum atomic E-state index is 16.7. The molecule has 0 bridgehead atoms. The molecule has 1 fully saturated rings. The van der Waals surface area contributed by atoms with Gasteiger partial charge in [-0.2, -0.15) is 17.8 Å². The number of nitrogen functional groups attached to an aromatic ring is 1. The van der Waals surface area contributed by atoms with E-state index >= 15 is 13.6 Å². The minimum absolute atomic E-state index is 0.00456. The second kappa shape index (κ2) is 19.7. The van der Waals surface area contributed by atoms with E-state index in [-0.39, 0.29) is 18.2 Å². The van der Waals surface area contributed by atoms with Crippen LogP contribution in [0.1, 0.15) is 69.7 Å². The largest absolute Gasteiger partial charge is 0.399 e. The van der Waals surface area contributed by atoms with Gasteiger partial charge in [0.25, 0.3) is 0 Å². The van der Waals surface area contributed by atoms with E-state index in [1.54, 1.807) is 25.5 Å². The fraction of sp³-hybridized carbons (Fsp3) is 0.207. The van der Waals surface area contributed by atoms with E-state index in [2.05, 4.69) is 37.5 Å². The highest BCUT2D eigenvalue weighted by molar-refractivity contribution is 7.90. The first-order valence-electron chi connectivity index (χ1n) is 24.8. The van der Waals surface area contributed by atoms with E-state index in [0.717, 1.165) is 95.6 Å². The van der Waals surface area contributed by atoms with Crippen LogP contribution in [0.2, 0.25) is 0 Å². The third-order valence-electron chi connectivity index (χ3n) is 14.6. The van der Waals surface area contributed by atoms with Gasteiger partial charge in [0.05, 0.1) is 28.5 Å². The van der Waals surface area contributed by atoms with Crippen molar-refractivity contribution in [2.45, 2.75) is 44.3 Å². The average Bonchev–Trinajstić information content (AvgIpc) is 4.05. The van der Waals surface area contributed by atoms with Crippen molar-refractivity contribution in [1.82, 2.24) is 28.6 Å². The van der Waals surface area contributed by atoms with Crippen molar-refractivity contribution in [3.63, 3.8) is 0 Å². The van der Waals surface area contributed by atoms with Crippen LogP contribution in [0.25, 0.3) is 22.0 Å². The zero-order valence-corrected chi connectivity index (χ0v) is 41.8. The van der Waals surface area contributed by atoms with Gasteiger partial charge in [-0.25, -0.2) is 18.7 Å². The lowest BCUT2D eigenvalue weighted by atomic mass is 9.76. The number of halogens is 2. The standard InChI is InChI=1S/C58H54F2N10O3S/c1-3-66(2)74(72,73)65-52-25-24-50(59)54(55(52)60)56(71)49-38-69(58(42-13-7-4-8-14-42,43-15-9-5-10-16-43)44-17-11-6-12-18-44)53-26-19-39(33-48(49)53)40-34-62-57(63-35-40)67-30-27-47(28-31-67)70-37-41-36-68(32-29-51(41)64-70)46-22-20-45(61)21-23-46/h4-26,33-35,37-38,47,65H,3,27-32,36,61H2,1-2H3. The maximum absolute atomic E-state index is 16.7. The number of carbonyl (C=O) groups excluding carboxylic acids is 1. The van der Waals surface area contributed by atoms with Crippen molar-refractivity contribution in [1.29, 1.82) is 0 Å². The van der Waals surface area contributed by atoms with Crippen LogP contribution in [-0.4, -0.2) is 76.0 Å². The Hall–Kier alpha value is -8.21. The Labute approximate surface area is 428 Å². The molecule has 0 amide bonds. The van der Waals surface area contributed by atoms with Crippen LogP contribution < -0.4 is 20.3 Å². The van der Waals surface area contributed by atoms with Crippen LogP contribution in [0.3, 0.4) is 0 Å². The topological polar surface area (TPSA) is 148 Å². The number of piperidine rings is 1.